The highest BCUT2D eigenvalue weighted by molar-refractivity contribution is 6.30. The van der Waals surface area contributed by atoms with Gasteiger partial charge in [0.05, 0.1) is 0 Å². The van der Waals surface area contributed by atoms with Crippen LogP contribution in [0.5, 0.6) is 0 Å². The van der Waals surface area contributed by atoms with E-state index in [-0.39, 0.29) is 17.9 Å². The summed E-state index contributed by atoms with van der Waals surface area (Å²) in [6, 6.07) is 0. The third-order valence-corrected chi connectivity index (χ3v) is 3.59. The van der Waals surface area contributed by atoms with Crippen LogP contribution >= 0.6 is 11.6 Å². The fraction of sp³-hybridized carbons (Fsp3) is 0.909. The Kier molecular flexibility index (Phi) is 5.40. The van der Waals surface area contributed by atoms with Gasteiger partial charge in [-0.3, -0.25) is 4.79 Å². The lowest BCUT2D eigenvalue weighted by molar-refractivity contribution is -0.132. The molecule has 0 aliphatic carbocycles. The summed E-state index contributed by atoms with van der Waals surface area (Å²) in [5.41, 5.74) is 0. The van der Waals surface area contributed by atoms with Crippen molar-refractivity contribution in [2.45, 2.75) is 38.0 Å². The maximum Gasteiger partial charge on any atom is 0.240 e. The summed E-state index contributed by atoms with van der Waals surface area (Å²) in [6.45, 7) is 3.78. The molecule has 1 aliphatic heterocycles. The smallest absolute Gasteiger partial charge is 0.240 e. The molecule has 15 heavy (non-hydrogen) atoms. The van der Waals surface area contributed by atoms with Crippen molar-refractivity contribution in [1.29, 1.82) is 0 Å². The van der Waals surface area contributed by atoms with Gasteiger partial charge in [-0.1, -0.05) is 6.92 Å². The van der Waals surface area contributed by atoms with Crippen LogP contribution in [0.2, 0.25) is 0 Å². The first-order valence-corrected chi connectivity index (χ1v) is 6.16. The summed E-state index contributed by atoms with van der Waals surface area (Å²) >= 11 is 5.92. The van der Waals surface area contributed by atoms with E-state index >= 15 is 0 Å². The van der Waals surface area contributed by atoms with Crippen LogP contribution in [-0.4, -0.2) is 41.0 Å². The number of hydrogen-bond acceptors (Lipinski definition) is 2. The number of carbonyl (C=O) groups excluding carboxylic acids is 1. The van der Waals surface area contributed by atoms with Gasteiger partial charge >= 0.3 is 0 Å². The summed E-state index contributed by atoms with van der Waals surface area (Å²) in [6.07, 6.45) is 3.55. The van der Waals surface area contributed by atoms with Crippen LogP contribution < -0.4 is 0 Å². The lowest BCUT2D eigenvalue weighted by atomic mass is 9.94. The molecule has 0 saturated carbocycles. The molecule has 1 atom stereocenters. The molecule has 1 fully saturated rings. The molecule has 1 N–H and O–H groups in total. The van der Waals surface area contributed by atoms with E-state index < -0.39 is 0 Å². The molecule has 0 bridgehead atoms. The van der Waals surface area contributed by atoms with Gasteiger partial charge in [0.2, 0.25) is 5.91 Å². The third-order valence-electron chi connectivity index (χ3n) is 3.09. The first-order chi connectivity index (χ1) is 7.19. The molecule has 0 aromatic carbocycles. The van der Waals surface area contributed by atoms with Crippen molar-refractivity contribution in [2.24, 2.45) is 5.92 Å². The molecule has 1 amide bonds. The molecular formula is C11H20ClNO2. The van der Waals surface area contributed by atoms with Gasteiger partial charge in [-0.2, -0.15) is 0 Å². The summed E-state index contributed by atoms with van der Waals surface area (Å²) in [5.74, 6) is 0.649. The van der Waals surface area contributed by atoms with E-state index in [2.05, 4.69) is 0 Å². The zero-order valence-electron chi connectivity index (χ0n) is 9.29. The van der Waals surface area contributed by atoms with E-state index in [9.17, 15) is 4.79 Å². The Morgan fingerprint density at radius 1 is 1.53 bits per heavy atom. The Balaban J connectivity index is 2.33. The number of amides is 1. The Morgan fingerprint density at radius 3 is 2.60 bits per heavy atom. The molecule has 1 rings (SSSR count). The maximum absolute atomic E-state index is 11.7. The van der Waals surface area contributed by atoms with Crippen molar-refractivity contribution in [2.75, 3.05) is 19.7 Å². The van der Waals surface area contributed by atoms with E-state index in [4.69, 9.17) is 16.7 Å². The second-order valence-corrected chi connectivity index (χ2v) is 4.68. The number of carbonyl (C=O) groups is 1. The Hall–Kier alpha value is -0.280. The molecule has 0 radical (unpaired) electrons. The number of halogens is 1. The van der Waals surface area contributed by atoms with Gasteiger partial charge in [0.15, 0.2) is 0 Å². The molecule has 88 valence electrons. The van der Waals surface area contributed by atoms with Crippen LogP contribution in [0.3, 0.4) is 0 Å². The number of aliphatic hydroxyl groups is 1. The lowest BCUT2D eigenvalue weighted by Crippen LogP contribution is -2.42. The highest BCUT2D eigenvalue weighted by Gasteiger charge is 2.25. The monoisotopic (exact) mass is 233 g/mol. The molecular weight excluding hydrogens is 214 g/mol. The third kappa shape index (κ3) is 3.65. The standard InChI is InChI=1S/C11H20ClNO2/c1-2-10(12)11(15)13-6-3-9(4-7-13)5-8-14/h9-10,14H,2-8H2,1H3/t10-/m0/s1. The van der Waals surface area contributed by atoms with Crippen LogP contribution in [-0.2, 0) is 4.79 Å². The fourth-order valence-corrected chi connectivity index (χ4v) is 2.14. The van der Waals surface area contributed by atoms with Crippen LogP contribution in [0.25, 0.3) is 0 Å². The van der Waals surface area contributed by atoms with Crippen molar-refractivity contribution in [3.63, 3.8) is 0 Å². The van der Waals surface area contributed by atoms with Gasteiger partial charge in [0.25, 0.3) is 0 Å². The van der Waals surface area contributed by atoms with Gasteiger partial charge < -0.3 is 10.0 Å². The van der Waals surface area contributed by atoms with Crippen LogP contribution in [0, 0.1) is 5.92 Å². The minimum absolute atomic E-state index is 0.0709. The molecule has 0 unspecified atom stereocenters. The number of nitrogens with zero attached hydrogens (tertiary/aromatic N) is 1. The van der Waals surface area contributed by atoms with Crippen molar-refractivity contribution >= 4 is 17.5 Å². The van der Waals surface area contributed by atoms with E-state index in [1.54, 1.807) is 0 Å². The van der Waals surface area contributed by atoms with Gasteiger partial charge in [-0.25, -0.2) is 0 Å². The Labute approximate surface area is 96.4 Å². The minimum Gasteiger partial charge on any atom is -0.396 e. The van der Waals surface area contributed by atoms with E-state index in [1.807, 2.05) is 11.8 Å². The summed E-state index contributed by atoms with van der Waals surface area (Å²) in [5, 5.41) is 8.46. The van der Waals surface area contributed by atoms with Crippen LogP contribution in [0.15, 0.2) is 0 Å². The highest BCUT2D eigenvalue weighted by atomic mass is 35.5. The molecule has 1 saturated heterocycles. The zero-order valence-corrected chi connectivity index (χ0v) is 10.0. The first kappa shape index (κ1) is 12.8. The molecule has 0 spiro atoms. The number of piperidine rings is 1. The number of alkyl halides is 1. The predicted molar refractivity (Wildman–Crippen MR) is 60.9 cm³/mol. The molecule has 1 heterocycles. The Morgan fingerprint density at radius 2 is 2.13 bits per heavy atom. The van der Waals surface area contributed by atoms with Crippen molar-refractivity contribution in [1.82, 2.24) is 4.90 Å². The van der Waals surface area contributed by atoms with Gasteiger partial charge in [0.1, 0.15) is 5.38 Å². The zero-order chi connectivity index (χ0) is 11.3. The SMILES string of the molecule is CC[C@H](Cl)C(=O)N1CCC(CCO)CC1. The van der Waals surface area contributed by atoms with Crippen molar-refractivity contribution in [3.8, 4) is 0 Å². The number of aliphatic hydroxyl groups excluding tert-OH is 1. The van der Waals surface area contributed by atoms with E-state index in [0.717, 1.165) is 32.4 Å². The first-order valence-electron chi connectivity index (χ1n) is 5.72. The molecule has 0 aromatic heterocycles. The molecule has 4 heteroatoms. The average molecular weight is 234 g/mol. The molecule has 0 aromatic rings. The van der Waals surface area contributed by atoms with Crippen LogP contribution in [0.4, 0.5) is 0 Å². The Bertz CT molecular complexity index is 203. The highest BCUT2D eigenvalue weighted by Crippen LogP contribution is 2.21. The van der Waals surface area contributed by atoms with Gasteiger partial charge in [0, 0.05) is 19.7 Å². The number of rotatable bonds is 4. The van der Waals surface area contributed by atoms with E-state index in [1.165, 1.54) is 0 Å². The maximum atomic E-state index is 11.7. The second-order valence-electron chi connectivity index (χ2n) is 4.16. The second kappa shape index (κ2) is 6.33. The summed E-state index contributed by atoms with van der Waals surface area (Å²) < 4.78 is 0. The quantitative estimate of drug-likeness (QED) is 0.750. The topological polar surface area (TPSA) is 40.5 Å². The van der Waals surface area contributed by atoms with Gasteiger partial charge in [-0.05, 0) is 31.6 Å². The van der Waals surface area contributed by atoms with E-state index in [0.29, 0.717) is 12.3 Å². The minimum atomic E-state index is -0.362. The summed E-state index contributed by atoms with van der Waals surface area (Å²) in [7, 11) is 0. The molecule has 3 nitrogen and oxygen atoms in total. The summed E-state index contributed by atoms with van der Waals surface area (Å²) in [4.78, 5) is 13.6. The fourth-order valence-electron chi connectivity index (χ4n) is 2.00. The number of hydrogen-bond donors (Lipinski definition) is 1. The van der Waals surface area contributed by atoms with Crippen molar-refractivity contribution < 1.29 is 9.90 Å². The largest absolute Gasteiger partial charge is 0.396 e. The normalized spacial score (nSPS) is 20.3. The molecule has 1 aliphatic rings. The number of likely N-dealkylation sites (tertiary alicyclic amines) is 1. The van der Waals surface area contributed by atoms with Crippen molar-refractivity contribution in [3.05, 3.63) is 0 Å². The van der Waals surface area contributed by atoms with Crippen LogP contribution in [0.1, 0.15) is 32.6 Å². The van der Waals surface area contributed by atoms with Gasteiger partial charge in [-0.15, -0.1) is 11.6 Å². The predicted octanol–water partition coefficient (Wildman–Crippen LogP) is 1.62. The lowest BCUT2D eigenvalue weighted by Gasteiger charge is -2.32. The average Bonchev–Trinajstić information content (AvgIpc) is 2.28.